The van der Waals surface area contributed by atoms with Crippen LogP contribution in [0.3, 0.4) is 0 Å². The van der Waals surface area contributed by atoms with Crippen LogP contribution in [-0.2, 0) is 29.2 Å². The highest BCUT2D eigenvalue weighted by Crippen LogP contribution is 2.21. The molecule has 0 bridgehead atoms. The lowest BCUT2D eigenvalue weighted by Crippen LogP contribution is -2.37. The molecule has 0 aliphatic carbocycles. The van der Waals surface area contributed by atoms with Gasteiger partial charge in [-0.25, -0.2) is 0 Å². The van der Waals surface area contributed by atoms with Gasteiger partial charge in [-0.15, -0.1) is 0 Å². The smallest absolute Gasteiger partial charge is 0.323 e. The molecular formula is C19H19NO4. The number of aliphatic carboxylic acids is 1. The number of amides is 1. The molecule has 0 aromatic heterocycles. The van der Waals surface area contributed by atoms with E-state index in [9.17, 15) is 9.59 Å². The molecule has 1 aliphatic rings. The first kappa shape index (κ1) is 16.2. The Labute approximate surface area is 140 Å². The van der Waals surface area contributed by atoms with Crippen LogP contribution in [-0.4, -0.2) is 35.0 Å². The number of ether oxygens (including phenoxy) is 1. The fourth-order valence-corrected chi connectivity index (χ4v) is 2.81. The van der Waals surface area contributed by atoms with Gasteiger partial charge in [-0.05, 0) is 35.2 Å². The number of carbonyl (C=O) groups excluding carboxylic acids is 1. The highest BCUT2D eigenvalue weighted by atomic mass is 16.5. The summed E-state index contributed by atoms with van der Waals surface area (Å²) < 4.78 is 5.36. The lowest BCUT2D eigenvalue weighted by Gasteiger charge is -2.21. The maximum absolute atomic E-state index is 12.7. The zero-order valence-electron chi connectivity index (χ0n) is 13.3. The maximum atomic E-state index is 12.7. The number of carboxylic acids is 1. The number of fused-ring (bicyclic) bond motifs is 1. The minimum Gasteiger partial charge on any atom is -0.480 e. The van der Waals surface area contributed by atoms with Gasteiger partial charge in [-0.2, -0.15) is 0 Å². The van der Waals surface area contributed by atoms with Gasteiger partial charge in [0, 0.05) is 12.1 Å². The van der Waals surface area contributed by atoms with Crippen LogP contribution in [0.2, 0.25) is 0 Å². The minimum atomic E-state index is -1.01. The van der Waals surface area contributed by atoms with Crippen LogP contribution in [0.4, 0.5) is 0 Å². The first-order valence-corrected chi connectivity index (χ1v) is 7.88. The SMILES string of the molecule is O=C(O)CN(CCc1ccccc1)C(=O)c1ccc2c(c1)COC2. The van der Waals surface area contributed by atoms with Gasteiger partial charge >= 0.3 is 5.97 Å². The zero-order valence-corrected chi connectivity index (χ0v) is 13.3. The lowest BCUT2D eigenvalue weighted by molar-refractivity contribution is -0.137. The molecule has 1 N–H and O–H groups in total. The first-order valence-electron chi connectivity index (χ1n) is 7.88. The molecule has 0 atom stereocenters. The number of carboxylic acid groups (broad SMARTS) is 1. The van der Waals surface area contributed by atoms with Crippen LogP contribution in [0.15, 0.2) is 48.5 Å². The van der Waals surface area contributed by atoms with Crippen molar-refractivity contribution in [2.75, 3.05) is 13.1 Å². The monoisotopic (exact) mass is 325 g/mol. The van der Waals surface area contributed by atoms with Crippen molar-refractivity contribution in [1.29, 1.82) is 0 Å². The van der Waals surface area contributed by atoms with E-state index >= 15 is 0 Å². The molecule has 2 aromatic rings. The van der Waals surface area contributed by atoms with Gasteiger partial charge in [0.25, 0.3) is 5.91 Å². The number of hydrogen-bond donors (Lipinski definition) is 1. The molecule has 3 rings (SSSR count). The summed E-state index contributed by atoms with van der Waals surface area (Å²) in [6.45, 7) is 1.12. The topological polar surface area (TPSA) is 66.8 Å². The molecular weight excluding hydrogens is 306 g/mol. The molecule has 0 radical (unpaired) electrons. The Morgan fingerprint density at radius 2 is 1.79 bits per heavy atom. The van der Waals surface area contributed by atoms with Gasteiger partial charge in [0.2, 0.25) is 0 Å². The van der Waals surface area contributed by atoms with Crippen molar-refractivity contribution in [3.05, 3.63) is 70.8 Å². The highest BCUT2D eigenvalue weighted by molar-refractivity contribution is 5.96. The van der Waals surface area contributed by atoms with Gasteiger partial charge in [-0.3, -0.25) is 9.59 Å². The van der Waals surface area contributed by atoms with Crippen molar-refractivity contribution in [3.8, 4) is 0 Å². The molecule has 1 aliphatic heterocycles. The van der Waals surface area contributed by atoms with Gasteiger partial charge < -0.3 is 14.7 Å². The Kier molecular flexibility index (Phi) is 4.91. The summed E-state index contributed by atoms with van der Waals surface area (Å²) in [6, 6.07) is 15.2. The Balaban J connectivity index is 1.74. The van der Waals surface area contributed by atoms with E-state index in [1.807, 2.05) is 42.5 Å². The summed E-state index contributed by atoms with van der Waals surface area (Å²) in [6.07, 6.45) is 0.619. The molecule has 0 fully saturated rings. The van der Waals surface area contributed by atoms with Gasteiger partial charge in [0.1, 0.15) is 6.54 Å². The van der Waals surface area contributed by atoms with Crippen LogP contribution in [0.5, 0.6) is 0 Å². The molecule has 1 heterocycles. The largest absolute Gasteiger partial charge is 0.480 e. The summed E-state index contributed by atoms with van der Waals surface area (Å²) >= 11 is 0. The fourth-order valence-electron chi connectivity index (χ4n) is 2.81. The highest BCUT2D eigenvalue weighted by Gasteiger charge is 2.20. The van der Waals surface area contributed by atoms with Gasteiger partial charge in [0.05, 0.1) is 13.2 Å². The predicted molar refractivity (Wildman–Crippen MR) is 88.6 cm³/mol. The van der Waals surface area contributed by atoms with Crippen molar-refractivity contribution in [2.24, 2.45) is 0 Å². The molecule has 1 amide bonds. The second-order valence-electron chi connectivity index (χ2n) is 5.83. The summed E-state index contributed by atoms with van der Waals surface area (Å²) in [7, 11) is 0. The van der Waals surface area contributed by atoms with E-state index in [2.05, 4.69) is 0 Å². The maximum Gasteiger partial charge on any atom is 0.323 e. The molecule has 0 unspecified atom stereocenters. The third-order valence-corrected chi connectivity index (χ3v) is 4.09. The van der Waals surface area contributed by atoms with E-state index in [1.165, 1.54) is 4.90 Å². The molecule has 5 heteroatoms. The first-order chi connectivity index (χ1) is 11.6. The third kappa shape index (κ3) is 3.81. The van der Waals surface area contributed by atoms with Crippen LogP contribution >= 0.6 is 0 Å². The predicted octanol–water partition coefficient (Wildman–Crippen LogP) is 2.49. The van der Waals surface area contributed by atoms with Crippen molar-refractivity contribution in [3.63, 3.8) is 0 Å². The fraction of sp³-hybridized carbons (Fsp3) is 0.263. The second kappa shape index (κ2) is 7.27. The number of nitrogens with zero attached hydrogens (tertiary/aromatic N) is 1. The molecule has 124 valence electrons. The number of carbonyl (C=O) groups is 2. The van der Waals surface area contributed by atoms with Gasteiger partial charge in [0.15, 0.2) is 0 Å². The van der Waals surface area contributed by atoms with Crippen LogP contribution in [0, 0.1) is 0 Å². The van der Waals surface area contributed by atoms with E-state index in [1.54, 1.807) is 6.07 Å². The van der Waals surface area contributed by atoms with E-state index in [-0.39, 0.29) is 12.5 Å². The average Bonchev–Trinajstić information content (AvgIpc) is 3.06. The Hall–Kier alpha value is -2.66. The Morgan fingerprint density at radius 3 is 2.54 bits per heavy atom. The molecule has 2 aromatic carbocycles. The average molecular weight is 325 g/mol. The summed E-state index contributed by atoms with van der Waals surface area (Å²) in [4.78, 5) is 25.2. The van der Waals surface area contributed by atoms with Crippen molar-refractivity contribution in [1.82, 2.24) is 4.90 Å². The second-order valence-corrected chi connectivity index (χ2v) is 5.83. The van der Waals surface area contributed by atoms with Gasteiger partial charge in [-0.1, -0.05) is 36.4 Å². The van der Waals surface area contributed by atoms with Crippen LogP contribution in [0.1, 0.15) is 27.0 Å². The van der Waals surface area contributed by atoms with Crippen molar-refractivity contribution < 1.29 is 19.4 Å². The normalized spacial score (nSPS) is 12.7. The summed E-state index contributed by atoms with van der Waals surface area (Å²) in [5.41, 5.74) is 3.66. The van der Waals surface area contributed by atoms with E-state index in [0.717, 1.165) is 16.7 Å². The number of hydrogen-bond acceptors (Lipinski definition) is 3. The quantitative estimate of drug-likeness (QED) is 0.886. The number of benzene rings is 2. The number of rotatable bonds is 6. The van der Waals surface area contributed by atoms with E-state index < -0.39 is 5.97 Å². The zero-order chi connectivity index (χ0) is 16.9. The summed E-state index contributed by atoms with van der Waals surface area (Å²) in [5, 5.41) is 9.12. The van der Waals surface area contributed by atoms with Crippen LogP contribution < -0.4 is 0 Å². The molecule has 0 spiro atoms. The lowest BCUT2D eigenvalue weighted by atomic mass is 10.1. The molecule has 0 saturated heterocycles. The van der Waals surface area contributed by atoms with E-state index in [0.29, 0.717) is 31.7 Å². The molecule has 24 heavy (non-hydrogen) atoms. The third-order valence-electron chi connectivity index (χ3n) is 4.09. The van der Waals surface area contributed by atoms with Crippen LogP contribution in [0.25, 0.3) is 0 Å². The molecule has 0 saturated carbocycles. The molecule has 5 nitrogen and oxygen atoms in total. The Morgan fingerprint density at radius 1 is 1.04 bits per heavy atom. The Bertz CT molecular complexity index is 742. The standard InChI is InChI=1S/C19H19NO4/c21-18(22)11-20(9-8-14-4-2-1-3-5-14)19(23)15-6-7-16-12-24-13-17(16)10-15/h1-7,10H,8-9,11-13H2,(H,21,22). The summed E-state index contributed by atoms with van der Waals surface area (Å²) in [5.74, 6) is -1.27. The van der Waals surface area contributed by atoms with Crippen molar-refractivity contribution in [2.45, 2.75) is 19.6 Å². The van der Waals surface area contributed by atoms with Crippen molar-refractivity contribution >= 4 is 11.9 Å². The minimum absolute atomic E-state index is 0.261. The van der Waals surface area contributed by atoms with E-state index in [4.69, 9.17) is 9.84 Å².